The van der Waals surface area contributed by atoms with E-state index in [-0.39, 0.29) is 6.10 Å². The van der Waals surface area contributed by atoms with Crippen LogP contribution in [0.1, 0.15) is 61.2 Å². The Kier molecular flexibility index (Phi) is 8.70. The Labute approximate surface area is 187 Å². The van der Waals surface area contributed by atoms with Gasteiger partial charge in [-0.2, -0.15) is 0 Å². The van der Waals surface area contributed by atoms with Crippen molar-refractivity contribution < 1.29 is 14.3 Å². The summed E-state index contributed by atoms with van der Waals surface area (Å²) < 4.78 is 12.1. The first-order valence-corrected chi connectivity index (χ1v) is 11.5. The zero-order valence-corrected chi connectivity index (χ0v) is 18.9. The first-order valence-electron chi connectivity index (χ1n) is 11.5. The minimum absolute atomic E-state index is 0.275. The van der Waals surface area contributed by atoms with Gasteiger partial charge in [-0.3, -0.25) is 4.90 Å². The first-order chi connectivity index (χ1) is 15.0. The van der Waals surface area contributed by atoms with E-state index in [1.807, 2.05) is 24.3 Å². The molecule has 1 saturated heterocycles. The molecule has 31 heavy (non-hydrogen) atoms. The topological polar surface area (TPSA) is 45.8 Å². The van der Waals surface area contributed by atoms with Gasteiger partial charge >= 0.3 is 0 Å². The molecule has 1 N–H and O–H groups in total. The van der Waals surface area contributed by atoms with E-state index in [0.29, 0.717) is 25.1 Å². The quantitative estimate of drug-likeness (QED) is 0.408. The van der Waals surface area contributed by atoms with Gasteiger partial charge in [-0.25, -0.2) is 0 Å². The molecule has 0 aliphatic carbocycles. The van der Waals surface area contributed by atoms with Crippen LogP contribution in [0.3, 0.4) is 0 Å². The number of hydrogen-bond acceptors (Lipinski definition) is 4. The number of furan rings is 1. The summed E-state index contributed by atoms with van der Waals surface area (Å²) in [6.07, 6.45) is 8.87. The number of nitrogens with zero attached hydrogens (tertiary/aromatic N) is 1. The van der Waals surface area contributed by atoms with Crippen LogP contribution in [-0.4, -0.2) is 29.3 Å². The zero-order chi connectivity index (χ0) is 22.1. The van der Waals surface area contributed by atoms with Gasteiger partial charge in [0.1, 0.15) is 17.1 Å². The van der Waals surface area contributed by atoms with E-state index in [9.17, 15) is 5.11 Å². The van der Waals surface area contributed by atoms with E-state index in [1.165, 1.54) is 11.1 Å². The smallest absolute Gasteiger partial charge is 0.135 e. The lowest BCUT2D eigenvalue weighted by atomic mass is 9.89. The fourth-order valence-electron chi connectivity index (χ4n) is 4.20. The van der Waals surface area contributed by atoms with Crippen molar-refractivity contribution in [3.05, 3.63) is 84.4 Å². The lowest BCUT2D eigenvalue weighted by molar-refractivity contribution is -0.00261. The lowest BCUT2D eigenvalue weighted by Gasteiger charge is -2.26. The highest BCUT2D eigenvalue weighted by molar-refractivity contribution is 5.21. The largest absolute Gasteiger partial charge is 0.462 e. The van der Waals surface area contributed by atoms with Crippen LogP contribution >= 0.6 is 0 Å². The highest BCUT2D eigenvalue weighted by atomic mass is 16.5. The molecule has 0 saturated carbocycles. The van der Waals surface area contributed by atoms with Gasteiger partial charge in [0.25, 0.3) is 0 Å². The van der Waals surface area contributed by atoms with Gasteiger partial charge in [-0.15, -0.1) is 13.2 Å². The summed E-state index contributed by atoms with van der Waals surface area (Å²) in [4.78, 5) is 2.38. The molecule has 2 aromatic rings. The predicted octanol–water partition coefficient (Wildman–Crippen LogP) is 5.89. The van der Waals surface area contributed by atoms with Gasteiger partial charge in [0.2, 0.25) is 0 Å². The molecule has 4 heteroatoms. The molecule has 1 atom stereocenters. The van der Waals surface area contributed by atoms with Crippen molar-refractivity contribution in [2.45, 2.75) is 70.2 Å². The number of aliphatic hydroxyl groups is 1. The van der Waals surface area contributed by atoms with Crippen molar-refractivity contribution in [1.82, 2.24) is 4.90 Å². The molecule has 1 fully saturated rings. The van der Waals surface area contributed by atoms with Gasteiger partial charge in [0, 0.05) is 19.7 Å². The van der Waals surface area contributed by atoms with Crippen LogP contribution in [0.4, 0.5) is 0 Å². The monoisotopic (exact) mass is 423 g/mol. The van der Waals surface area contributed by atoms with Gasteiger partial charge < -0.3 is 14.3 Å². The number of rotatable bonds is 13. The third-order valence-electron chi connectivity index (χ3n) is 6.04. The second-order valence-electron chi connectivity index (χ2n) is 8.74. The Morgan fingerprint density at radius 1 is 1.06 bits per heavy atom. The lowest BCUT2D eigenvalue weighted by Crippen LogP contribution is -2.31. The van der Waals surface area contributed by atoms with Gasteiger partial charge in [0.05, 0.1) is 12.6 Å². The normalized spacial score (nSPS) is 16.7. The number of hydrogen-bond donors (Lipinski definition) is 1. The molecule has 0 amide bonds. The Morgan fingerprint density at radius 2 is 1.77 bits per heavy atom. The van der Waals surface area contributed by atoms with Crippen molar-refractivity contribution in [2.75, 3.05) is 13.2 Å². The Balaban J connectivity index is 1.73. The Hall–Kier alpha value is -2.14. The molecule has 0 spiro atoms. The maximum atomic E-state index is 11.3. The second kappa shape index (κ2) is 11.5. The molecule has 1 aromatic heterocycles. The molecule has 0 bridgehead atoms. The molecule has 1 aliphatic heterocycles. The summed E-state index contributed by atoms with van der Waals surface area (Å²) in [5, 5.41) is 11.3. The average Bonchev–Trinajstić information content (AvgIpc) is 3.45. The van der Waals surface area contributed by atoms with Crippen LogP contribution in [0.2, 0.25) is 0 Å². The van der Waals surface area contributed by atoms with E-state index in [0.717, 1.165) is 51.1 Å². The summed E-state index contributed by atoms with van der Waals surface area (Å²) in [6, 6.07) is 12.6. The molecule has 1 aromatic carbocycles. The molecule has 1 aliphatic rings. The molecular weight excluding hydrogens is 386 g/mol. The molecule has 0 radical (unpaired) electrons. The summed E-state index contributed by atoms with van der Waals surface area (Å²) in [7, 11) is 0. The van der Waals surface area contributed by atoms with Crippen LogP contribution in [0.5, 0.6) is 0 Å². The van der Waals surface area contributed by atoms with Crippen molar-refractivity contribution in [1.29, 1.82) is 0 Å². The first kappa shape index (κ1) is 23.5. The maximum absolute atomic E-state index is 11.3. The third kappa shape index (κ3) is 6.93. The SMILES string of the molecule is C=CCCC(O)(CCC=C)c1ccc(CN(Cc2ccc(C)cc2)C[C@@H]2CCCO2)o1. The van der Waals surface area contributed by atoms with Crippen LogP contribution in [0, 0.1) is 6.92 Å². The fourth-order valence-corrected chi connectivity index (χ4v) is 4.20. The van der Waals surface area contributed by atoms with Crippen LogP contribution in [0.25, 0.3) is 0 Å². The van der Waals surface area contributed by atoms with Gasteiger partial charge in [0.15, 0.2) is 0 Å². The Bertz CT molecular complexity index is 805. The molecule has 2 heterocycles. The fraction of sp³-hybridized carbons (Fsp3) is 0.481. The second-order valence-corrected chi connectivity index (χ2v) is 8.74. The average molecular weight is 424 g/mol. The van der Waals surface area contributed by atoms with Crippen molar-refractivity contribution in [3.8, 4) is 0 Å². The molecule has 0 unspecified atom stereocenters. The molecule has 3 rings (SSSR count). The highest BCUT2D eigenvalue weighted by Gasteiger charge is 2.31. The molecule has 168 valence electrons. The van der Waals surface area contributed by atoms with Crippen LogP contribution < -0.4 is 0 Å². The minimum atomic E-state index is -0.989. The maximum Gasteiger partial charge on any atom is 0.135 e. The van der Waals surface area contributed by atoms with Crippen molar-refractivity contribution in [2.24, 2.45) is 0 Å². The minimum Gasteiger partial charge on any atom is -0.462 e. The number of allylic oxidation sites excluding steroid dienone is 2. The van der Waals surface area contributed by atoms with Gasteiger partial charge in [-0.1, -0.05) is 42.0 Å². The number of benzene rings is 1. The highest BCUT2D eigenvalue weighted by Crippen LogP contribution is 2.33. The van der Waals surface area contributed by atoms with E-state index < -0.39 is 5.60 Å². The summed E-state index contributed by atoms with van der Waals surface area (Å²) >= 11 is 0. The van der Waals surface area contributed by atoms with E-state index in [2.05, 4.69) is 49.2 Å². The Morgan fingerprint density at radius 3 is 2.39 bits per heavy atom. The van der Waals surface area contributed by atoms with E-state index in [1.54, 1.807) is 0 Å². The number of ether oxygens (including phenoxy) is 1. The van der Waals surface area contributed by atoms with E-state index >= 15 is 0 Å². The van der Waals surface area contributed by atoms with Crippen LogP contribution in [0.15, 0.2) is 66.1 Å². The summed E-state index contributed by atoms with van der Waals surface area (Å²) in [5.74, 6) is 1.51. The zero-order valence-electron chi connectivity index (χ0n) is 18.9. The van der Waals surface area contributed by atoms with Crippen molar-refractivity contribution in [3.63, 3.8) is 0 Å². The molecule has 4 nitrogen and oxygen atoms in total. The van der Waals surface area contributed by atoms with E-state index in [4.69, 9.17) is 9.15 Å². The predicted molar refractivity (Wildman–Crippen MR) is 126 cm³/mol. The third-order valence-corrected chi connectivity index (χ3v) is 6.04. The standard InChI is InChI=1S/C27H37NO3/c1-4-6-16-27(29,17-7-5-2)26-15-14-25(31-26)21-28(20-24-9-8-18-30-24)19-23-12-10-22(3)11-13-23/h4-5,10-15,24,29H,1-2,6-9,16-21H2,3H3/t24-/m0/s1. The number of aryl methyl sites for hydroxylation is 1. The summed E-state index contributed by atoms with van der Waals surface area (Å²) in [6.45, 7) is 13.0. The van der Waals surface area contributed by atoms with Crippen LogP contribution in [-0.2, 0) is 23.4 Å². The van der Waals surface area contributed by atoms with Crippen molar-refractivity contribution >= 4 is 0 Å². The summed E-state index contributed by atoms with van der Waals surface area (Å²) in [5.41, 5.74) is 1.56. The molecular formula is C27H37NO3. The van der Waals surface area contributed by atoms with Gasteiger partial charge in [-0.05, 0) is 63.1 Å².